The lowest BCUT2D eigenvalue weighted by atomic mass is 10.1. The summed E-state index contributed by atoms with van der Waals surface area (Å²) in [6.45, 7) is 0.534. The topological polar surface area (TPSA) is 41.3 Å². The Morgan fingerprint density at radius 3 is 2.67 bits per heavy atom. The molecule has 0 spiro atoms. The average Bonchev–Trinajstić information content (AvgIpc) is 2.18. The Balaban J connectivity index is 2.87. The maximum atomic E-state index is 5.93. The van der Waals surface area contributed by atoms with Gasteiger partial charge in [-0.1, -0.05) is 17.7 Å². The van der Waals surface area contributed by atoms with Gasteiger partial charge in [0.1, 0.15) is 0 Å². The van der Waals surface area contributed by atoms with Crippen LogP contribution >= 0.6 is 27.5 Å². The summed E-state index contributed by atoms with van der Waals surface area (Å²) in [6, 6.07) is 5.92. The van der Waals surface area contributed by atoms with Gasteiger partial charge in [-0.05, 0) is 33.6 Å². The smallest absolute Gasteiger partial charge is 0.0587 e. The molecule has 15 heavy (non-hydrogen) atoms. The largest absolute Gasteiger partial charge is 0.329 e. The minimum absolute atomic E-state index is 0.105. The quantitative estimate of drug-likeness (QED) is 0.836. The SMILES string of the molecule is CN(C)NC(CN)c1ccc(Cl)c(Br)c1. The molecule has 84 valence electrons. The van der Waals surface area contributed by atoms with E-state index in [4.69, 9.17) is 17.3 Å². The van der Waals surface area contributed by atoms with Gasteiger partial charge in [0.05, 0.1) is 11.1 Å². The fourth-order valence-electron chi connectivity index (χ4n) is 1.30. The van der Waals surface area contributed by atoms with Crippen molar-refractivity contribution in [2.75, 3.05) is 20.6 Å². The van der Waals surface area contributed by atoms with Gasteiger partial charge in [0.15, 0.2) is 0 Å². The van der Waals surface area contributed by atoms with Crippen LogP contribution in [-0.2, 0) is 0 Å². The molecule has 0 aliphatic carbocycles. The Morgan fingerprint density at radius 2 is 2.20 bits per heavy atom. The molecule has 1 aromatic carbocycles. The third kappa shape index (κ3) is 3.74. The van der Waals surface area contributed by atoms with Crippen LogP contribution in [-0.4, -0.2) is 25.6 Å². The number of nitrogens with one attached hydrogen (secondary N) is 1. The van der Waals surface area contributed by atoms with Crippen molar-refractivity contribution in [3.63, 3.8) is 0 Å². The first-order valence-electron chi connectivity index (χ1n) is 4.63. The molecule has 0 saturated carbocycles. The lowest BCUT2D eigenvalue weighted by Gasteiger charge is -2.22. The zero-order valence-electron chi connectivity index (χ0n) is 8.80. The maximum Gasteiger partial charge on any atom is 0.0587 e. The zero-order chi connectivity index (χ0) is 11.4. The van der Waals surface area contributed by atoms with Crippen molar-refractivity contribution in [2.45, 2.75) is 6.04 Å². The number of halogens is 2. The molecular formula is C10H15BrClN3. The second kappa shape index (κ2) is 5.82. The number of hydrogen-bond acceptors (Lipinski definition) is 3. The summed E-state index contributed by atoms with van der Waals surface area (Å²) in [7, 11) is 3.88. The summed E-state index contributed by atoms with van der Waals surface area (Å²) in [5.74, 6) is 0. The minimum Gasteiger partial charge on any atom is -0.329 e. The fraction of sp³-hybridized carbons (Fsp3) is 0.400. The van der Waals surface area contributed by atoms with Gasteiger partial charge in [0.2, 0.25) is 0 Å². The lowest BCUT2D eigenvalue weighted by molar-refractivity contribution is 0.245. The number of rotatable bonds is 4. The summed E-state index contributed by atoms with van der Waals surface area (Å²) < 4.78 is 0.890. The van der Waals surface area contributed by atoms with E-state index in [0.29, 0.717) is 11.6 Å². The first-order valence-corrected chi connectivity index (χ1v) is 5.80. The Hall–Kier alpha value is -0.130. The Kier molecular flexibility index (Phi) is 5.02. The molecular weight excluding hydrogens is 277 g/mol. The van der Waals surface area contributed by atoms with E-state index < -0.39 is 0 Å². The van der Waals surface area contributed by atoms with Crippen molar-refractivity contribution in [2.24, 2.45) is 5.73 Å². The molecule has 0 amide bonds. The zero-order valence-corrected chi connectivity index (χ0v) is 11.1. The molecule has 0 fully saturated rings. The van der Waals surface area contributed by atoms with Crippen molar-refractivity contribution < 1.29 is 0 Å². The monoisotopic (exact) mass is 291 g/mol. The predicted octanol–water partition coefficient (Wildman–Crippen LogP) is 2.17. The second-order valence-corrected chi connectivity index (χ2v) is 4.75. The summed E-state index contributed by atoms with van der Waals surface area (Å²) >= 11 is 9.32. The van der Waals surface area contributed by atoms with Crippen LogP contribution in [0.1, 0.15) is 11.6 Å². The van der Waals surface area contributed by atoms with Crippen LogP contribution in [0.3, 0.4) is 0 Å². The number of hydrogen-bond donors (Lipinski definition) is 2. The van der Waals surface area contributed by atoms with E-state index in [1.165, 1.54) is 0 Å². The van der Waals surface area contributed by atoms with E-state index in [-0.39, 0.29) is 6.04 Å². The molecule has 3 nitrogen and oxygen atoms in total. The molecule has 0 saturated heterocycles. The Labute approximate surface area is 104 Å². The summed E-state index contributed by atoms with van der Waals surface area (Å²) in [6.07, 6.45) is 0. The van der Waals surface area contributed by atoms with E-state index >= 15 is 0 Å². The highest BCUT2D eigenvalue weighted by Crippen LogP contribution is 2.25. The standard InChI is InChI=1S/C10H15BrClN3/c1-15(2)14-10(6-13)7-3-4-9(12)8(11)5-7/h3-5,10,14H,6,13H2,1-2H3. The van der Waals surface area contributed by atoms with Gasteiger partial charge in [-0.3, -0.25) is 0 Å². The highest BCUT2D eigenvalue weighted by Gasteiger charge is 2.11. The van der Waals surface area contributed by atoms with Gasteiger partial charge in [-0.25, -0.2) is 10.4 Å². The van der Waals surface area contributed by atoms with Gasteiger partial charge in [-0.15, -0.1) is 0 Å². The highest BCUT2D eigenvalue weighted by molar-refractivity contribution is 9.10. The summed E-state index contributed by atoms with van der Waals surface area (Å²) in [4.78, 5) is 0. The third-order valence-electron chi connectivity index (χ3n) is 2.00. The number of nitrogens with two attached hydrogens (primary N) is 1. The maximum absolute atomic E-state index is 5.93. The van der Waals surface area contributed by atoms with Gasteiger partial charge >= 0.3 is 0 Å². The van der Waals surface area contributed by atoms with E-state index in [1.807, 2.05) is 37.3 Å². The van der Waals surface area contributed by atoms with E-state index in [9.17, 15) is 0 Å². The lowest BCUT2D eigenvalue weighted by Crippen LogP contribution is -2.37. The molecule has 0 bridgehead atoms. The highest BCUT2D eigenvalue weighted by atomic mass is 79.9. The van der Waals surface area contributed by atoms with E-state index in [0.717, 1.165) is 10.0 Å². The van der Waals surface area contributed by atoms with Crippen molar-refractivity contribution in [1.82, 2.24) is 10.4 Å². The minimum atomic E-state index is 0.105. The molecule has 0 aromatic heterocycles. The van der Waals surface area contributed by atoms with Crippen LogP contribution in [0.5, 0.6) is 0 Å². The van der Waals surface area contributed by atoms with E-state index in [2.05, 4.69) is 21.4 Å². The van der Waals surface area contributed by atoms with Crippen molar-refractivity contribution in [1.29, 1.82) is 0 Å². The van der Waals surface area contributed by atoms with Crippen LogP contribution in [0.2, 0.25) is 5.02 Å². The Bertz CT molecular complexity index is 330. The molecule has 1 rings (SSSR count). The molecule has 1 unspecified atom stereocenters. The molecule has 5 heteroatoms. The first-order chi connectivity index (χ1) is 7.04. The van der Waals surface area contributed by atoms with Crippen LogP contribution in [0.15, 0.2) is 22.7 Å². The van der Waals surface area contributed by atoms with Gasteiger partial charge in [0.25, 0.3) is 0 Å². The number of hydrazine groups is 1. The van der Waals surface area contributed by atoms with Crippen molar-refractivity contribution >= 4 is 27.5 Å². The van der Waals surface area contributed by atoms with Gasteiger partial charge in [0, 0.05) is 25.1 Å². The molecule has 1 atom stereocenters. The molecule has 0 aliphatic heterocycles. The predicted molar refractivity (Wildman–Crippen MR) is 67.8 cm³/mol. The van der Waals surface area contributed by atoms with Crippen LogP contribution < -0.4 is 11.2 Å². The average molecular weight is 293 g/mol. The molecule has 1 aromatic rings. The molecule has 0 heterocycles. The van der Waals surface area contributed by atoms with E-state index in [1.54, 1.807) is 0 Å². The number of benzene rings is 1. The summed E-state index contributed by atoms with van der Waals surface area (Å²) in [5.41, 5.74) is 10.1. The molecule has 0 aliphatic rings. The van der Waals surface area contributed by atoms with Crippen molar-refractivity contribution in [3.8, 4) is 0 Å². The molecule has 0 radical (unpaired) electrons. The first kappa shape index (κ1) is 12.9. The van der Waals surface area contributed by atoms with Crippen LogP contribution in [0.25, 0.3) is 0 Å². The number of nitrogens with zero attached hydrogens (tertiary/aromatic N) is 1. The van der Waals surface area contributed by atoms with Crippen LogP contribution in [0.4, 0.5) is 0 Å². The fourth-order valence-corrected chi connectivity index (χ4v) is 1.82. The van der Waals surface area contributed by atoms with Crippen LogP contribution in [0, 0.1) is 0 Å². The van der Waals surface area contributed by atoms with Gasteiger partial charge < -0.3 is 5.73 Å². The van der Waals surface area contributed by atoms with Gasteiger partial charge in [-0.2, -0.15) is 0 Å². The second-order valence-electron chi connectivity index (χ2n) is 3.49. The normalized spacial score (nSPS) is 13.2. The summed E-state index contributed by atoms with van der Waals surface area (Å²) in [5, 5.41) is 2.60. The third-order valence-corrected chi connectivity index (χ3v) is 3.21. The molecule has 3 N–H and O–H groups in total. The Morgan fingerprint density at radius 1 is 1.53 bits per heavy atom. The van der Waals surface area contributed by atoms with Crippen molar-refractivity contribution in [3.05, 3.63) is 33.3 Å².